The highest BCUT2D eigenvalue weighted by Crippen LogP contribution is 2.17. The van der Waals surface area contributed by atoms with E-state index in [1.165, 1.54) is 11.1 Å². The summed E-state index contributed by atoms with van der Waals surface area (Å²) in [5.41, 5.74) is 3.75. The van der Waals surface area contributed by atoms with Gasteiger partial charge >= 0.3 is 0 Å². The van der Waals surface area contributed by atoms with Gasteiger partial charge in [0.25, 0.3) is 0 Å². The Labute approximate surface area is 101 Å². The van der Waals surface area contributed by atoms with Crippen molar-refractivity contribution in [1.29, 1.82) is 0 Å². The minimum atomic E-state index is 0.562. The molecule has 0 aliphatic carbocycles. The summed E-state index contributed by atoms with van der Waals surface area (Å²) in [7, 11) is 0. The molecule has 0 N–H and O–H groups in total. The second-order valence-corrected chi connectivity index (χ2v) is 4.26. The molecule has 0 radical (unpaired) electrons. The van der Waals surface area contributed by atoms with Gasteiger partial charge in [0.1, 0.15) is 0 Å². The molecule has 0 heterocycles. The molecule has 0 spiro atoms. The Morgan fingerprint density at radius 3 is 2.31 bits per heavy atom. The molecule has 0 aromatic rings. The van der Waals surface area contributed by atoms with E-state index >= 15 is 0 Å². The molecule has 16 heavy (non-hydrogen) atoms. The Morgan fingerprint density at radius 1 is 1.25 bits per heavy atom. The highest BCUT2D eigenvalue weighted by molar-refractivity contribution is 6.01. The summed E-state index contributed by atoms with van der Waals surface area (Å²) in [6.45, 7) is 12.8. The number of hydrogen-bond acceptors (Lipinski definition) is 1. The van der Waals surface area contributed by atoms with Crippen LogP contribution in [0, 0.1) is 5.92 Å². The summed E-state index contributed by atoms with van der Waals surface area (Å²) in [4.78, 5) is 4.46. The molecule has 1 heteroatoms. The Balaban J connectivity index is 5.15. The summed E-state index contributed by atoms with van der Waals surface area (Å²) in [5.74, 6) is 0.562. The van der Waals surface area contributed by atoms with Crippen molar-refractivity contribution in [2.45, 2.75) is 48.0 Å². The molecule has 0 fully saturated rings. The molecule has 0 amide bonds. The van der Waals surface area contributed by atoms with Crippen LogP contribution >= 0.6 is 0 Å². The smallest absolute Gasteiger partial charge is 0.0444 e. The van der Waals surface area contributed by atoms with Crippen molar-refractivity contribution in [1.82, 2.24) is 0 Å². The van der Waals surface area contributed by atoms with E-state index in [0.717, 1.165) is 12.1 Å². The van der Waals surface area contributed by atoms with Crippen LogP contribution in [-0.4, -0.2) is 5.71 Å². The van der Waals surface area contributed by atoms with Gasteiger partial charge in [0.15, 0.2) is 0 Å². The molecule has 0 rings (SSSR count). The van der Waals surface area contributed by atoms with E-state index in [-0.39, 0.29) is 0 Å². The zero-order valence-corrected chi connectivity index (χ0v) is 11.5. The van der Waals surface area contributed by atoms with E-state index in [0.29, 0.717) is 5.92 Å². The van der Waals surface area contributed by atoms with Gasteiger partial charge in [0.05, 0.1) is 0 Å². The third-order valence-corrected chi connectivity index (χ3v) is 2.62. The molecule has 0 unspecified atom stereocenters. The Kier molecular flexibility index (Phi) is 7.53. The molecule has 0 aliphatic heterocycles. The topological polar surface area (TPSA) is 12.4 Å². The highest BCUT2D eigenvalue weighted by atomic mass is 14.7. The van der Waals surface area contributed by atoms with E-state index in [4.69, 9.17) is 0 Å². The van der Waals surface area contributed by atoms with Crippen LogP contribution < -0.4 is 0 Å². The fourth-order valence-electron chi connectivity index (χ4n) is 1.35. The number of hydrogen-bond donors (Lipinski definition) is 0. The SMILES string of the molecule is C\C=C/C(C(/C)=N\C=C\CC)=C(/C)C(C)C. The van der Waals surface area contributed by atoms with Crippen LogP contribution in [0.3, 0.4) is 0 Å². The van der Waals surface area contributed by atoms with Gasteiger partial charge in [-0.1, -0.05) is 44.6 Å². The molecule has 0 aliphatic rings. The molecule has 90 valence electrons. The summed E-state index contributed by atoms with van der Waals surface area (Å²) < 4.78 is 0. The van der Waals surface area contributed by atoms with Gasteiger partial charge in [-0.3, -0.25) is 4.99 Å². The van der Waals surface area contributed by atoms with Gasteiger partial charge in [-0.2, -0.15) is 0 Å². The van der Waals surface area contributed by atoms with Crippen LogP contribution in [0.2, 0.25) is 0 Å². The highest BCUT2D eigenvalue weighted by Gasteiger charge is 2.05. The van der Waals surface area contributed by atoms with Crippen LogP contribution in [-0.2, 0) is 0 Å². The molecular formula is C15H25N. The molecule has 1 nitrogen and oxygen atoms in total. The molecule has 0 aromatic heterocycles. The van der Waals surface area contributed by atoms with Crippen molar-refractivity contribution in [2.24, 2.45) is 10.9 Å². The van der Waals surface area contributed by atoms with E-state index in [1.54, 1.807) is 0 Å². The maximum absolute atomic E-state index is 4.46. The number of aliphatic imine (C=N–C) groups is 1. The van der Waals surface area contributed by atoms with Crippen molar-refractivity contribution in [3.8, 4) is 0 Å². The third-order valence-electron chi connectivity index (χ3n) is 2.62. The van der Waals surface area contributed by atoms with Gasteiger partial charge < -0.3 is 0 Å². The average molecular weight is 219 g/mol. The van der Waals surface area contributed by atoms with E-state index < -0.39 is 0 Å². The first-order chi connectivity index (χ1) is 7.54. The average Bonchev–Trinajstić information content (AvgIpc) is 2.25. The maximum atomic E-state index is 4.46. The number of nitrogens with zero attached hydrogens (tertiary/aromatic N) is 1. The Hall–Kier alpha value is -1.11. The fraction of sp³-hybridized carbons (Fsp3) is 0.533. The largest absolute Gasteiger partial charge is 0.261 e. The third kappa shape index (κ3) is 5.11. The first-order valence-corrected chi connectivity index (χ1v) is 6.07. The number of rotatable bonds is 5. The minimum Gasteiger partial charge on any atom is -0.261 e. The lowest BCUT2D eigenvalue weighted by Crippen LogP contribution is -2.02. The van der Waals surface area contributed by atoms with Gasteiger partial charge in [0, 0.05) is 11.9 Å². The number of allylic oxidation sites excluding steroid dienone is 5. The predicted molar refractivity (Wildman–Crippen MR) is 74.9 cm³/mol. The first-order valence-electron chi connectivity index (χ1n) is 6.07. The Morgan fingerprint density at radius 2 is 1.88 bits per heavy atom. The van der Waals surface area contributed by atoms with Crippen molar-refractivity contribution in [3.63, 3.8) is 0 Å². The van der Waals surface area contributed by atoms with Gasteiger partial charge in [-0.25, -0.2) is 0 Å². The lowest BCUT2D eigenvalue weighted by atomic mass is 9.96. The van der Waals surface area contributed by atoms with Crippen molar-refractivity contribution in [2.75, 3.05) is 0 Å². The standard InChI is InChI=1S/C15H25N/c1-7-9-11-16-14(6)15(10-8-2)13(5)12(3)4/h8-12H,7H2,1-6H3/b10-8-,11-9+,15-13+,16-14-. The van der Waals surface area contributed by atoms with Crippen LogP contribution in [0.25, 0.3) is 0 Å². The maximum Gasteiger partial charge on any atom is 0.0444 e. The second kappa shape index (κ2) is 8.09. The van der Waals surface area contributed by atoms with E-state index in [2.05, 4.69) is 57.8 Å². The lowest BCUT2D eigenvalue weighted by molar-refractivity contribution is 0.765. The zero-order valence-electron chi connectivity index (χ0n) is 11.5. The minimum absolute atomic E-state index is 0.562. The Bertz CT molecular complexity index is 314. The molecule has 0 aromatic carbocycles. The predicted octanol–water partition coefficient (Wildman–Crippen LogP) is 4.92. The van der Waals surface area contributed by atoms with Crippen LogP contribution in [0.4, 0.5) is 0 Å². The van der Waals surface area contributed by atoms with Crippen LogP contribution in [0.1, 0.15) is 48.0 Å². The van der Waals surface area contributed by atoms with Gasteiger partial charge in [0.2, 0.25) is 0 Å². The molecule has 0 atom stereocenters. The van der Waals surface area contributed by atoms with Crippen LogP contribution in [0.5, 0.6) is 0 Å². The van der Waals surface area contributed by atoms with Gasteiger partial charge in [-0.15, -0.1) is 0 Å². The summed E-state index contributed by atoms with van der Waals surface area (Å²) in [6, 6.07) is 0. The van der Waals surface area contributed by atoms with Crippen molar-refractivity contribution < 1.29 is 0 Å². The van der Waals surface area contributed by atoms with Crippen LogP contribution in [0.15, 0.2) is 40.6 Å². The summed E-state index contributed by atoms with van der Waals surface area (Å²) in [5, 5.41) is 0. The first kappa shape index (κ1) is 14.9. The monoisotopic (exact) mass is 219 g/mol. The second-order valence-electron chi connectivity index (χ2n) is 4.26. The van der Waals surface area contributed by atoms with Gasteiger partial charge in [-0.05, 0) is 38.7 Å². The lowest BCUT2D eigenvalue weighted by Gasteiger charge is -2.11. The normalized spacial score (nSPS) is 15.3. The molecule has 0 saturated carbocycles. The van der Waals surface area contributed by atoms with E-state index in [9.17, 15) is 0 Å². The molecule has 0 saturated heterocycles. The molecule has 0 bridgehead atoms. The zero-order chi connectivity index (χ0) is 12.6. The quantitative estimate of drug-likeness (QED) is 0.460. The summed E-state index contributed by atoms with van der Waals surface area (Å²) in [6.07, 6.45) is 9.22. The van der Waals surface area contributed by atoms with E-state index in [1.807, 2.05) is 13.1 Å². The van der Waals surface area contributed by atoms with Crippen molar-refractivity contribution in [3.05, 3.63) is 35.6 Å². The molecular weight excluding hydrogens is 194 g/mol. The summed E-state index contributed by atoms with van der Waals surface area (Å²) >= 11 is 0. The fourth-order valence-corrected chi connectivity index (χ4v) is 1.35. The van der Waals surface area contributed by atoms with Crippen molar-refractivity contribution >= 4 is 5.71 Å².